The van der Waals surface area contributed by atoms with E-state index in [1.165, 1.54) is 5.56 Å². The molecule has 0 aromatic heterocycles. The van der Waals surface area contributed by atoms with E-state index in [4.69, 9.17) is 10.5 Å². The lowest BCUT2D eigenvalue weighted by Gasteiger charge is -2.22. The molecule has 4 nitrogen and oxygen atoms in total. The standard InChI is InChI=1S/C15H22N2O2/c1-12-4-6-13(7-5-12)19-11-10-17-14(18)15(16)8-2-3-9-15/h4-7H,2-3,8-11,16H2,1H3,(H,17,18). The van der Waals surface area contributed by atoms with E-state index >= 15 is 0 Å². The number of rotatable bonds is 5. The maximum Gasteiger partial charge on any atom is 0.240 e. The van der Waals surface area contributed by atoms with E-state index in [-0.39, 0.29) is 5.91 Å². The van der Waals surface area contributed by atoms with Crippen LogP contribution in [0.15, 0.2) is 24.3 Å². The number of hydrogen-bond acceptors (Lipinski definition) is 3. The van der Waals surface area contributed by atoms with Crippen molar-refractivity contribution in [1.82, 2.24) is 5.32 Å². The van der Waals surface area contributed by atoms with Crippen LogP contribution in [0.25, 0.3) is 0 Å². The van der Waals surface area contributed by atoms with Gasteiger partial charge in [0.2, 0.25) is 5.91 Å². The largest absolute Gasteiger partial charge is 0.492 e. The number of nitrogens with one attached hydrogen (secondary N) is 1. The van der Waals surface area contributed by atoms with E-state index in [1.807, 2.05) is 31.2 Å². The van der Waals surface area contributed by atoms with Crippen molar-refractivity contribution in [3.8, 4) is 5.75 Å². The molecule has 1 aromatic carbocycles. The summed E-state index contributed by atoms with van der Waals surface area (Å²) < 4.78 is 5.55. The number of hydrogen-bond donors (Lipinski definition) is 2. The minimum atomic E-state index is -0.649. The Kier molecular flexibility index (Phi) is 4.43. The first kappa shape index (κ1) is 13.9. The fourth-order valence-corrected chi connectivity index (χ4v) is 2.38. The van der Waals surface area contributed by atoms with Gasteiger partial charge in [-0.25, -0.2) is 0 Å². The Morgan fingerprint density at radius 1 is 1.32 bits per heavy atom. The summed E-state index contributed by atoms with van der Waals surface area (Å²) in [6, 6.07) is 7.86. The lowest BCUT2D eigenvalue weighted by molar-refractivity contribution is -0.126. The molecule has 3 N–H and O–H groups in total. The average molecular weight is 262 g/mol. The maximum atomic E-state index is 11.9. The molecule has 0 atom stereocenters. The van der Waals surface area contributed by atoms with Crippen LogP contribution in [-0.2, 0) is 4.79 Å². The van der Waals surface area contributed by atoms with Crippen LogP contribution in [0.3, 0.4) is 0 Å². The Labute approximate surface area is 114 Å². The number of aryl methyl sites for hydroxylation is 1. The van der Waals surface area contributed by atoms with Gasteiger partial charge in [-0.05, 0) is 31.9 Å². The molecule has 2 rings (SSSR count). The van der Waals surface area contributed by atoms with Gasteiger partial charge in [0.15, 0.2) is 0 Å². The average Bonchev–Trinajstić information content (AvgIpc) is 2.85. The molecule has 1 aliphatic rings. The summed E-state index contributed by atoms with van der Waals surface area (Å²) in [5.74, 6) is 0.778. The Morgan fingerprint density at radius 3 is 2.58 bits per heavy atom. The minimum absolute atomic E-state index is 0.0440. The van der Waals surface area contributed by atoms with Gasteiger partial charge in [0.25, 0.3) is 0 Å². The molecule has 1 fully saturated rings. The van der Waals surface area contributed by atoms with Gasteiger partial charge in [0.1, 0.15) is 12.4 Å². The Morgan fingerprint density at radius 2 is 1.95 bits per heavy atom. The number of amides is 1. The summed E-state index contributed by atoms with van der Waals surface area (Å²) in [6.07, 6.45) is 3.67. The van der Waals surface area contributed by atoms with Crippen LogP contribution in [-0.4, -0.2) is 24.6 Å². The first-order valence-electron chi connectivity index (χ1n) is 6.87. The van der Waals surface area contributed by atoms with Gasteiger partial charge in [-0.1, -0.05) is 30.5 Å². The fraction of sp³-hybridized carbons (Fsp3) is 0.533. The monoisotopic (exact) mass is 262 g/mol. The molecule has 0 aliphatic heterocycles. The quantitative estimate of drug-likeness (QED) is 0.795. The zero-order valence-electron chi connectivity index (χ0n) is 11.4. The van der Waals surface area contributed by atoms with E-state index in [0.29, 0.717) is 13.2 Å². The molecule has 19 heavy (non-hydrogen) atoms. The number of carbonyl (C=O) groups excluding carboxylic acids is 1. The molecule has 1 aromatic rings. The molecule has 4 heteroatoms. The third-order valence-electron chi connectivity index (χ3n) is 3.63. The highest BCUT2D eigenvalue weighted by atomic mass is 16.5. The third kappa shape index (κ3) is 3.70. The normalized spacial score (nSPS) is 17.2. The van der Waals surface area contributed by atoms with Crippen LogP contribution in [0.2, 0.25) is 0 Å². The first-order chi connectivity index (χ1) is 9.10. The fourth-order valence-electron chi connectivity index (χ4n) is 2.38. The number of benzene rings is 1. The third-order valence-corrected chi connectivity index (χ3v) is 3.63. The van der Waals surface area contributed by atoms with Gasteiger partial charge in [-0.3, -0.25) is 4.79 Å². The van der Waals surface area contributed by atoms with Crippen LogP contribution in [0.1, 0.15) is 31.2 Å². The lowest BCUT2D eigenvalue weighted by Crippen LogP contribution is -2.52. The van der Waals surface area contributed by atoms with Crippen molar-refractivity contribution in [2.24, 2.45) is 5.73 Å². The van der Waals surface area contributed by atoms with E-state index in [0.717, 1.165) is 31.4 Å². The van der Waals surface area contributed by atoms with Crippen LogP contribution in [0.4, 0.5) is 0 Å². The molecular weight excluding hydrogens is 240 g/mol. The minimum Gasteiger partial charge on any atom is -0.492 e. The van der Waals surface area contributed by atoms with Crippen molar-refractivity contribution in [3.63, 3.8) is 0 Å². The summed E-state index contributed by atoms with van der Waals surface area (Å²) in [7, 11) is 0. The van der Waals surface area contributed by atoms with Crippen molar-refractivity contribution < 1.29 is 9.53 Å². The van der Waals surface area contributed by atoms with Gasteiger partial charge < -0.3 is 15.8 Å². The summed E-state index contributed by atoms with van der Waals surface area (Å²) in [6.45, 7) is 2.99. The molecule has 0 heterocycles. The SMILES string of the molecule is Cc1ccc(OCCNC(=O)C2(N)CCCC2)cc1. The second-order valence-corrected chi connectivity index (χ2v) is 5.28. The lowest BCUT2D eigenvalue weighted by atomic mass is 9.98. The highest BCUT2D eigenvalue weighted by Gasteiger charge is 2.36. The molecule has 1 saturated carbocycles. The van der Waals surface area contributed by atoms with Gasteiger partial charge in [0.05, 0.1) is 12.1 Å². The van der Waals surface area contributed by atoms with Crippen molar-refractivity contribution in [1.29, 1.82) is 0 Å². The van der Waals surface area contributed by atoms with E-state index in [2.05, 4.69) is 5.32 Å². The molecule has 0 spiro atoms. The predicted molar refractivity (Wildman–Crippen MR) is 75.1 cm³/mol. The predicted octanol–water partition coefficient (Wildman–Crippen LogP) is 1.76. The maximum absolute atomic E-state index is 11.9. The molecule has 0 radical (unpaired) electrons. The molecule has 1 amide bonds. The van der Waals surface area contributed by atoms with Crippen LogP contribution in [0.5, 0.6) is 5.75 Å². The van der Waals surface area contributed by atoms with E-state index in [9.17, 15) is 4.79 Å². The highest BCUT2D eigenvalue weighted by Crippen LogP contribution is 2.27. The summed E-state index contributed by atoms with van der Waals surface area (Å²) in [5, 5.41) is 2.86. The number of carbonyl (C=O) groups is 1. The second kappa shape index (κ2) is 6.06. The van der Waals surface area contributed by atoms with Crippen LogP contribution < -0.4 is 15.8 Å². The molecule has 0 unspecified atom stereocenters. The molecule has 104 valence electrons. The molecule has 0 bridgehead atoms. The van der Waals surface area contributed by atoms with Gasteiger partial charge in [-0.15, -0.1) is 0 Å². The van der Waals surface area contributed by atoms with Crippen molar-refractivity contribution in [2.45, 2.75) is 38.1 Å². The van der Waals surface area contributed by atoms with Gasteiger partial charge in [0, 0.05) is 0 Å². The summed E-state index contributed by atoms with van der Waals surface area (Å²) in [4.78, 5) is 11.9. The topological polar surface area (TPSA) is 64.3 Å². The Hall–Kier alpha value is -1.55. The van der Waals surface area contributed by atoms with E-state index in [1.54, 1.807) is 0 Å². The highest BCUT2D eigenvalue weighted by molar-refractivity contribution is 5.86. The Bertz CT molecular complexity index is 422. The first-order valence-corrected chi connectivity index (χ1v) is 6.87. The number of nitrogens with two attached hydrogens (primary N) is 1. The van der Waals surface area contributed by atoms with Crippen molar-refractivity contribution >= 4 is 5.91 Å². The van der Waals surface area contributed by atoms with Crippen LogP contribution >= 0.6 is 0 Å². The van der Waals surface area contributed by atoms with E-state index < -0.39 is 5.54 Å². The molecule has 1 aliphatic carbocycles. The summed E-state index contributed by atoms with van der Waals surface area (Å²) >= 11 is 0. The van der Waals surface area contributed by atoms with Crippen molar-refractivity contribution in [3.05, 3.63) is 29.8 Å². The van der Waals surface area contributed by atoms with Gasteiger partial charge >= 0.3 is 0 Å². The Balaban J connectivity index is 1.69. The number of ether oxygens (including phenoxy) is 1. The molecular formula is C15H22N2O2. The zero-order chi connectivity index (χ0) is 13.7. The van der Waals surface area contributed by atoms with Gasteiger partial charge in [-0.2, -0.15) is 0 Å². The smallest absolute Gasteiger partial charge is 0.240 e. The summed E-state index contributed by atoms with van der Waals surface area (Å²) in [5.41, 5.74) is 6.61. The van der Waals surface area contributed by atoms with Crippen LogP contribution in [0, 0.1) is 6.92 Å². The molecule has 0 saturated heterocycles. The second-order valence-electron chi connectivity index (χ2n) is 5.28. The van der Waals surface area contributed by atoms with Crippen molar-refractivity contribution in [2.75, 3.05) is 13.2 Å². The zero-order valence-corrected chi connectivity index (χ0v) is 11.4.